The van der Waals surface area contributed by atoms with Gasteiger partial charge in [-0.2, -0.15) is 9.36 Å². The van der Waals surface area contributed by atoms with Gasteiger partial charge in [-0.3, -0.25) is 9.29 Å². The highest BCUT2D eigenvalue weighted by atomic mass is 32.2. The molecule has 3 aromatic rings. The molecule has 7 nitrogen and oxygen atoms in total. The molecule has 0 aromatic carbocycles. The van der Waals surface area contributed by atoms with Crippen molar-refractivity contribution in [2.75, 3.05) is 19.4 Å². The zero-order chi connectivity index (χ0) is 18.5. The van der Waals surface area contributed by atoms with Crippen molar-refractivity contribution in [2.45, 2.75) is 24.8 Å². The summed E-state index contributed by atoms with van der Waals surface area (Å²) in [7, 11) is 3.98. The molecular weight excluding hydrogens is 368 g/mol. The van der Waals surface area contributed by atoms with Crippen LogP contribution in [-0.4, -0.2) is 43.8 Å². The Balaban J connectivity index is 1.79. The van der Waals surface area contributed by atoms with Crippen LogP contribution in [0.2, 0.25) is 0 Å². The summed E-state index contributed by atoms with van der Waals surface area (Å²) in [6, 6.07) is 7.59. The Morgan fingerprint density at radius 2 is 2.04 bits per heavy atom. The Kier molecular flexibility index (Phi) is 6.02. The van der Waals surface area contributed by atoms with Crippen LogP contribution in [0.25, 0.3) is 11.5 Å². The van der Waals surface area contributed by atoms with E-state index in [2.05, 4.69) is 24.6 Å². The fourth-order valence-electron chi connectivity index (χ4n) is 2.11. The van der Waals surface area contributed by atoms with Gasteiger partial charge in [0.2, 0.25) is 5.13 Å². The van der Waals surface area contributed by atoms with Gasteiger partial charge in [0, 0.05) is 30.0 Å². The van der Waals surface area contributed by atoms with Crippen molar-refractivity contribution >= 4 is 34.4 Å². The lowest BCUT2D eigenvalue weighted by molar-refractivity contribution is 0.242. The summed E-state index contributed by atoms with van der Waals surface area (Å²) in [4.78, 5) is 14.3. The molecule has 0 radical (unpaired) electrons. The summed E-state index contributed by atoms with van der Waals surface area (Å²) in [5, 5.41) is 3.91. The average Bonchev–Trinajstić information content (AvgIpc) is 3.04. The van der Waals surface area contributed by atoms with Gasteiger partial charge >= 0.3 is 0 Å². The first-order valence-electron chi connectivity index (χ1n) is 8.05. The van der Waals surface area contributed by atoms with Crippen LogP contribution in [0.15, 0.2) is 41.6 Å². The van der Waals surface area contributed by atoms with Crippen LogP contribution >= 0.6 is 23.5 Å². The quantitative estimate of drug-likeness (QED) is 0.607. The lowest BCUT2D eigenvalue weighted by Crippen LogP contribution is -2.05. The third-order valence-electron chi connectivity index (χ3n) is 3.04. The lowest BCUT2D eigenvalue weighted by atomic mass is 10.3. The van der Waals surface area contributed by atoms with E-state index in [0.29, 0.717) is 16.6 Å². The lowest BCUT2D eigenvalue weighted by Gasteiger charge is -2.11. The molecule has 0 bridgehead atoms. The van der Waals surface area contributed by atoms with Crippen LogP contribution in [0.5, 0.6) is 5.75 Å². The maximum absolute atomic E-state index is 5.71. The average molecular weight is 389 g/mol. The first-order valence-corrected chi connectivity index (χ1v) is 9.60. The molecule has 0 spiro atoms. The largest absolute Gasteiger partial charge is 0.491 e. The zero-order valence-electron chi connectivity index (χ0n) is 15.0. The number of nitrogens with zero attached hydrogens (tertiary/aromatic N) is 5. The molecule has 0 aliphatic carbocycles. The predicted octanol–water partition coefficient (Wildman–Crippen LogP) is 4.09. The fraction of sp³-hybridized carbons (Fsp3) is 0.294. The summed E-state index contributed by atoms with van der Waals surface area (Å²) in [6.45, 7) is 3.97. The summed E-state index contributed by atoms with van der Waals surface area (Å²) in [5.74, 6) is 2.06. The van der Waals surface area contributed by atoms with Crippen molar-refractivity contribution in [3.05, 3.63) is 36.7 Å². The van der Waals surface area contributed by atoms with Crippen molar-refractivity contribution in [1.82, 2.24) is 23.6 Å². The van der Waals surface area contributed by atoms with Gasteiger partial charge in [0.25, 0.3) is 0 Å². The summed E-state index contributed by atoms with van der Waals surface area (Å²) >= 11 is 2.86. The smallest absolute Gasteiger partial charge is 0.208 e. The van der Waals surface area contributed by atoms with Crippen molar-refractivity contribution < 1.29 is 4.74 Å². The Labute approximate surface area is 161 Å². The van der Waals surface area contributed by atoms with Gasteiger partial charge in [-0.05, 0) is 58.1 Å². The molecule has 3 heterocycles. The fourth-order valence-corrected chi connectivity index (χ4v) is 3.41. The minimum Gasteiger partial charge on any atom is -0.491 e. The number of hydrogen-bond donors (Lipinski definition) is 1. The monoisotopic (exact) mass is 388 g/mol. The molecule has 9 heteroatoms. The maximum atomic E-state index is 5.71. The van der Waals surface area contributed by atoms with Gasteiger partial charge in [-0.1, -0.05) is 0 Å². The molecule has 136 valence electrons. The van der Waals surface area contributed by atoms with E-state index in [0.717, 1.165) is 16.5 Å². The molecule has 1 N–H and O–H groups in total. The normalized spacial score (nSPS) is 11.2. The molecular formula is C17H20N6OS2. The highest BCUT2D eigenvalue weighted by Crippen LogP contribution is 2.30. The van der Waals surface area contributed by atoms with Gasteiger partial charge in [-0.15, -0.1) is 0 Å². The molecule has 3 rings (SSSR count). The van der Waals surface area contributed by atoms with Gasteiger partial charge in [0.05, 0.1) is 11.0 Å². The van der Waals surface area contributed by atoms with E-state index in [9.17, 15) is 0 Å². The van der Waals surface area contributed by atoms with Gasteiger partial charge in [-0.25, -0.2) is 4.98 Å². The van der Waals surface area contributed by atoms with E-state index in [1.54, 1.807) is 24.3 Å². The number of anilines is 2. The van der Waals surface area contributed by atoms with Gasteiger partial charge < -0.3 is 10.1 Å². The summed E-state index contributed by atoms with van der Waals surface area (Å²) in [6.07, 6.45) is 3.55. The highest BCUT2D eigenvalue weighted by molar-refractivity contribution is 7.97. The first-order chi connectivity index (χ1) is 12.5. The summed E-state index contributed by atoms with van der Waals surface area (Å²) in [5.41, 5.74) is 0.677. The maximum Gasteiger partial charge on any atom is 0.208 e. The second-order valence-electron chi connectivity index (χ2n) is 5.85. The molecule has 0 aliphatic rings. The SMILES string of the molecule is CC(C)Oc1ccnc(-c2nsc(Nc3ncccc3SN(C)C)n2)c1. The molecule has 3 aromatic heterocycles. The molecule has 0 saturated heterocycles. The standard InChI is InChI=1S/C17H20N6OS2/c1-11(2)24-12-7-9-18-13(10-12)15-20-17(25-22-15)21-16-14(26-23(3)4)6-5-8-19-16/h5-11H,1-4H3,(H,19,20,21,22). The van der Waals surface area contributed by atoms with Crippen LogP contribution in [0.1, 0.15) is 13.8 Å². The third kappa shape index (κ3) is 4.90. The molecule has 0 amide bonds. The van der Waals surface area contributed by atoms with E-state index in [1.807, 2.05) is 56.5 Å². The topological polar surface area (TPSA) is 76.1 Å². The number of rotatable bonds is 7. The highest BCUT2D eigenvalue weighted by Gasteiger charge is 2.12. The van der Waals surface area contributed by atoms with Crippen LogP contribution in [-0.2, 0) is 0 Å². The molecule has 0 unspecified atom stereocenters. The number of hydrogen-bond acceptors (Lipinski definition) is 9. The van der Waals surface area contributed by atoms with Gasteiger partial charge in [0.15, 0.2) is 5.82 Å². The van der Waals surface area contributed by atoms with E-state index in [4.69, 9.17) is 4.74 Å². The first kappa shape index (κ1) is 18.6. The van der Waals surface area contributed by atoms with Crippen LogP contribution < -0.4 is 10.1 Å². The van der Waals surface area contributed by atoms with Crippen molar-refractivity contribution in [3.63, 3.8) is 0 Å². The van der Waals surface area contributed by atoms with E-state index < -0.39 is 0 Å². The van der Waals surface area contributed by atoms with Crippen LogP contribution in [0.3, 0.4) is 0 Å². The molecule has 0 atom stereocenters. The molecule has 0 saturated carbocycles. The zero-order valence-corrected chi connectivity index (χ0v) is 16.6. The summed E-state index contributed by atoms with van der Waals surface area (Å²) < 4.78 is 12.1. The number of nitrogens with one attached hydrogen (secondary N) is 1. The third-order valence-corrected chi connectivity index (χ3v) is 4.56. The molecule has 0 aliphatic heterocycles. The Morgan fingerprint density at radius 3 is 2.81 bits per heavy atom. The Hall–Kier alpha value is -2.23. The van der Waals surface area contributed by atoms with Crippen molar-refractivity contribution in [2.24, 2.45) is 0 Å². The number of ether oxygens (including phenoxy) is 1. The van der Waals surface area contributed by atoms with Crippen LogP contribution in [0.4, 0.5) is 10.9 Å². The second kappa shape index (κ2) is 8.43. The van der Waals surface area contributed by atoms with E-state index in [-0.39, 0.29) is 6.10 Å². The minimum atomic E-state index is 0.0997. The Morgan fingerprint density at radius 1 is 1.19 bits per heavy atom. The predicted molar refractivity (Wildman–Crippen MR) is 106 cm³/mol. The molecule has 26 heavy (non-hydrogen) atoms. The minimum absolute atomic E-state index is 0.0997. The number of aromatic nitrogens is 4. The van der Waals surface area contributed by atoms with Crippen molar-refractivity contribution in [3.8, 4) is 17.3 Å². The van der Waals surface area contributed by atoms with Crippen LogP contribution in [0, 0.1) is 0 Å². The van der Waals surface area contributed by atoms with Crippen molar-refractivity contribution in [1.29, 1.82) is 0 Å². The Bertz CT molecular complexity index is 868. The number of pyridine rings is 2. The van der Waals surface area contributed by atoms with E-state index >= 15 is 0 Å². The van der Waals surface area contributed by atoms with Gasteiger partial charge in [0.1, 0.15) is 17.3 Å². The second-order valence-corrected chi connectivity index (χ2v) is 7.95. The van der Waals surface area contributed by atoms with E-state index in [1.165, 1.54) is 11.5 Å². The molecule has 0 fully saturated rings.